The molecule has 0 bridgehead atoms. The summed E-state index contributed by atoms with van der Waals surface area (Å²) in [5.41, 5.74) is 0.355. The van der Waals surface area contributed by atoms with Gasteiger partial charge in [0.1, 0.15) is 35.3 Å². The summed E-state index contributed by atoms with van der Waals surface area (Å²) in [5.74, 6) is 1.32. The molecule has 2 aromatic carbocycles. The van der Waals surface area contributed by atoms with Crippen LogP contribution in [0.2, 0.25) is 0 Å². The van der Waals surface area contributed by atoms with Crippen molar-refractivity contribution in [3.63, 3.8) is 0 Å². The fourth-order valence-electron chi connectivity index (χ4n) is 18.4. The minimum Gasteiger partial charge on any atom is -0.458 e. The van der Waals surface area contributed by atoms with E-state index >= 15 is 0 Å². The molecule has 0 radical (unpaired) electrons. The number of carbonyl (C=O) groups is 6. The lowest BCUT2D eigenvalue weighted by Crippen LogP contribution is -2.64. The fraction of sp³-hybridized carbons (Fsp3) is 0.705. The van der Waals surface area contributed by atoms with Crippen molar-refractivity contribution in [2.24, 2.45) is 80.8 Å². The molecule has 8 aliphatic carbocycles. The quantitative estimate of drug-likeness (QED) is 0.251. The molecule has 1 aliphatic heterocycles. The Bertz CT molecular complexity index is 2380. The summed E-state index contributed by atoms with van der Waals surface area (Å²) in [4.78, 5) is 77.2. The van der Waals surface area contributed by atoms with Gasteiger partial charge in [0, 0.05) is 56.0 Å². The number of aliphatic hydroxyl groups is 1. The van der Waals surface area contributed by atoms with Crippen molar-refractivity contribution in [2.75, 3.05) is 6.61 Å². The standard InChI is InChI=1S/C33H44O6.C28H36O5/c1-20(34)24-12-13-25-29-26(39-31(36)21-9-5-4-6-10-21)18-22-17-23(35)14-15-32(22,2)30(29)27(19-33(24,25)3)38-28-11-7-8-16-37-28;1-16(29)20-9-10-21-24-23(33-26(32)17-7-5-4-6-8-17)14-18-13-19(30)11-12-27(18,2)25(24)22(31)15-28(20,21)3/h4-6,9-10,22,24-30H,7-8,11-19H2,1-3H3;4-8,18,20-25,31H,9-15H2,1-3H3/t22-,24?,25?,26+,27+,28?,29?,30?,32-,33+;18-,20?,21?,22+,23+,24?,25?,27-,28+/m00/s1. The van der Waals surface area contributed by atoms with Crippen molar-refractivity contribution >= 4 is 35.1 Å². The van der Waals surface area contributed by atoms with Crippen LogP contribution in [0.15, 0.2) is 60.7 Å². The van der Waals surface area contributed by atoms with E-state index in [-0.39, 0.29) is 135 Å². The van der Waals surface area contributed by atoms with Crippen LogP contribution in [0.25, 0.3) is 0 Å². The molecule has 72 heavy (non-hydrogen) atoms. The van der Waals surface area contributed by atoms with Crippen LogP contribution in [0, 0.1) is 80.8 Å². The van der Waals surface area contributed by atoms with E-state index in [0.717, 1.165) is 64.2 Å². The number of ketones is 4. The van der Waals surface area contributed by atoms with Crippen LogP contribution >= 0.6 is 0 Å². The van der Waals surface area contributed by atoms with Gasteiger partial charge >= 0.3 is 11.9 Å². The summed E-state index contributed by atoms with van der Waals surface area (Å²) in [6.07, 6.45) is 11.7. The Hall–Kier alpha value is -4.06. The predicted molar refractivity (Wildman–Crippen MR) is 269 cm³/mol. The van der Waals surface area contributed by atoms with E-state index in [9.17, 15) is 33.9 Å². The summed E-state index contributed by atoms with van der Waals surface area (Å²) in [6.45, 7) is 13.2. The predicted octanol–water partition coefficient (Wildman–Crippen LogP) is 10.8. The lowest BCUT2D eigenvalue weighted by atomic mass is 9.43. The van der Waals surface area contributed by atoms with E-state index in [1.807, 2.05) is 36.4 Å². The SMILES string of the molecule is CC(=O)C1CCC2C3C([C@H](O)C[C@]12C)[C@@]1(C)CCC(=O)C[C@H]1C[C@H]3OC(=O)c1ccccc1.CC(=O)C1CCC2C3C([C@H](OC4CCCCO4)C[C@]12C)[C@@]1(C)CCC(=O)C[C@H]1C[C@H]3OC(=O)c1ccccc1. The number of ether oxygens (including phenoxy) is 4. The van der Waals surface area contributed by atoms with Crippen molar-refractivity contribution in [1.82, 2.24) is 0 Å². The Labute approximate surface area is 427 Å². The zero-order valence-electron chi connectivity index (χ0n) is 43.7. The highest BCUT2D eigenvalue weighted by Gasteiger charge is 2.69. The van der Waals surface area contributed by atoms with Gasteiger partial charge in [0.05, 0.1) is 23.3 Å². The van der Waals surface area contributed by atoms with Crippen LogP contribution in [-0.2, 0) is 38.1 Å². The van der Waals surface area contributed by atoms with E-state index in [0.29, 0.717) is 68.5 Å². The second kappa shape index (κ2) is 19.9. The molecule has 1 heterocycles. The number of benzene rings is 2. The largest absolute Gasteiger partial charge is 0.458 e. The lowest BCUT2D eigenvalue weighted by molar-refractivity contribution is -0.265. The van der Waals surface area contributed by atoms with Crippen molar-refractivity contribution in [3.05, 3.63) is 71.8 Å². The smallest absolute Gasteiger partial charge is 0.338 e. The first-order chi connectivity index (χ1) is 34.4. The van der Waals surface area contributed by atoms with Crippen molar-refractivity contribution in [3.8, 4) is 0 Å². The maximum atomic E-state index is 13.4. The first-order valence-corrected chi connectivity index (χ1v) is 27.9. The summed E-state index contributed by atoms with van der Waals surface area (Å²) in [7, 11) is 0. The molecule has 0 amide bonds. The molecule has 11 nitrogen and oxygen atoms in total. The minimum absolute atomic E-state index is 0.00483. The number of hydrogen-bond donors (Lipinski definition) is 1. The zero-order chi connectivity index (χ0) is 50.9. The number of esters is 2. The van der Waals surface area contributed by atoms with Gasteiger partial charge in [-0.15, -0.1) is 0 Å². The zero-order valence-corrected chi connectivity index (χ0v) is 43.7. The molecular formula is C61H80O11. The third-order valence-corrected chi connectivity index (χ3v) is 21.8. The van der Waals surface area contributed by atoms with Gasteiger partial charge in [-0.1, -0.05) is 64.1 Å². The van der Waals surface area contributed by atoms with E-state index in [2.05, 4.69) is 27.7 Å². The number of aliphatic hydroxyl groups excluding tert-OH is 1. The molecule has 9 unspecified atom stereocenters. The lowest BCUT2D eigenvalue weighted by Gasteiger charge is -2.64. The second-order valence-electron chi connectivity index (χ2n) is 25.3. The van der Waals surface area contributed by atoms with E-state index in [1.165, 1.54) is 0 Å². The molecule has 19 atom stereocenters. The van der Waals surface area contributed by atoms with E-state index in [1.54, 1.807) is 38.1 Å². The Kier molecular flexibility index (Phi) is 14.2. The van der Waals surface area contributed by atoms with Crippen molar-refractivity contribution in [2.45, 2.75) is 181 Å². The maximum absolute atomic E-state index is 13.4. The number of fused-ring (bicyclic) bond motifs is 10. The van der Waals surface area contributed by atoms with Gasteiger partial charge in [-0.25, -0.2) is 9.59 Å². The Balaban J connectivity index is 0.000000168. The van der Waals surface area contributed by atoms with Gasteiger partial charge in [-0.3, -0.25) is 19.2 Å². The molecule has 0 spiro atoms. The minimum atomic E-state index is -0.560. The Morgan fingerprint density at radius 2 is 1.06 bits per heavy atom. The average Bonchev–Trinajstić information content (AvgIpc) is 3.89. The van der Waals surface area contributed by atoms with Gasteiger partial charge in [-0.2, -0.15) is 0 Å². The Morgan fingerprint density at radius 1 is 0.583 bits per heavy atom. The average molecular weight is 989 g/mol. The maximum Gasteiger partial charge on any atom is 0.338 e. The Morgan fingerprint density at radius 3 is 1.53 bits per heavy atom. The van der Waals surface area contributed by atoms with E-state index in [4.69, 9.17) is 18.9 Å². The van der Waals surface area contributed by atoms with Crippen LogP contribution in [0.1, 0.15) is 171 Å². The molecular weight excluding hydrogens is 909 g/mol. The summed E-state index contributed by atoms with van der Waals surface area (Å²) in [6, 6.07) is 18.3. The summed E-state index contributed by atoms with van der Waals surface area (Å²) < 4.78 is 25.7. The molecule has 1 N–H and O–H groups in total. The highest BCUT2D eigenvalue weighted by atomic mass is 16.7. The third-order valence-electron chi connectivity index (χ3n) is 21.8. The first-order valence-electron chi connectivity index (χ1n) is 27.9. The number of Topliss-reactive ketones (excluding diaryl/α,β-unsaturated/α-hetero) is 4. The molecule has 390 valence electrons. The van der Waals surface area contributed by atoms with Crippen molar-refractivity contribution < 1.29 is 52.8 Å². The topological polar surface area (TPSA) is 160 Å². The molecule has 0 aromatic heterocycles. The van der Waals surface area contributed by atoms with Crippen LogP contribution in [0.4, 0.5) is 0 Å². The molecule has 11 rings (SSSR count). The number of hydrogen-bond acceptors (Lipinski definition) is 11. The molecule has 11 heteroatoms. The highest BCUT2D eigenvalue weighted by Crippen LogP contribution is 2.70. The normalized spacial score (nSPS) is 44.0. The van der Waals surface area contributed by atoms with Crippen LogP contribution in [0.3, 0.4) is 0 Å². The first kappa shape index (κ1) is 51.4. The molecule has 1 saturated heterocycles. The molecule has 2 aromatic rings. The molecule has 9 aliphatic rings. The third kappa shape index (κ3) is 8.98. The second-order valence-corrected chi connectivity index (χ2v) is 25.3. The van der Waals surface area contributed by atoms with Crippen LogP contribution < -0.4 is 0 Å². The fourth-order valence-corrected chi connectivity index (χ4v) is 18.4. The number of carbonyl (C=O) groups excluding carboxylic acids is 6. The highest BCUT2D eigenvalue weighted by molar-refractivity contribution is 5.90. The molecule has 9 fully saturated rings. The van der Waals surface area contributed by atoms with Gasteiger partial charge in [0.2, 0.25) is 0 Å². The van der Waals surface area contributed by atoms with Gasteiger partial charge < -0.3 is 24.1 Å². The van der Waals surface area contributed by atoms with Crippen LogP contribution in [-0.4, -0.2) is 77.5 Å². The van der Waals surface area contributed by atoms with Gasteiger partial charge in [0.15, 0.2) is 6.29 Å². The van der Waals surface area contributed by atoms with Gasteiger partial charge in [-0.05, 0) is 179 Å². The number of rotatable bonds is 8. The molecule has 8 saturated carbocycles. The van der Waals surface area contributed by atoms with E-state index < -0.39 is 6.10 Å². The summed E-state index contributed by atoms with van der Waals surface area (Å²) in [5, 5.41) is 11.6. The van der Waals surface area contributed by atoms with Gasteiger partial charge in [0.25, 0.3) is 0 Å². The summed E-state index contributed by atoms with van der Waals surface area (Å²) >= 11 is 0. The van der Waals surface area contributed by atoms with Crippen LogP contribution in [0.5, 0.6) is 0 Å². The van der Waals surface area contributed by atoms with Crippen molar-refractivity contribution in [1.29, 1.82) is 0 Å². The monoisotopic (exact) mass is 989 g/mol.